The van der Waals surface area contributed by atoms with Crippen LogP contribution in [0.3, 0.4) is 0 Å². The van der Waals surface area contributed by atoms with E-state index in [1.165, 1.54) is 0 Å². The van der Waals surface area contributed by atoms with Crippen molar-refractivity contribution in [2.24, 2.45) is 0 Å². The third kappa shape index (κ3) is 4.73. The van der Waals surface area contributed by atoms with Crippen molar-refractivity contribution < 1.29 is 0 Å². The first-order valence-electron chi connectivity index (χ1n) is 5.56. The van der Waals surface area contributed by atoms with Crippen LogP contribution in [0.5, 0.6) is 0 Å². The second-order valence-electron chi connectivity index (χ2n) is 3.12. The van der Waals surface area contributed by atoms with Gasteiger partial charge in [0.25, 0.3) is 0 Å². The zero-order chi connectivity index (χ0) is 12.6. The molecular formula is C13H21N3. The minimum atomic E-state index is 0.775. The SMILES string of the molecule is C=C(C)/C=C\C(=C)c1cnn(CC)n1.CC. The van der Waals surface area contributed by atoms with E-state index in [9.17, 15) is 0 Å². The van der Waals surface area contributed by atoms with Gasteiger partial charge in [-0.2, -0.15) is 15.0 Å². The number of allylic oxidation sites excluding steroid dienone is 4. The molecule has 3 heteroatoms. The predicted molar refractivity (Wildman–Crippen MR) is 70.0 cm³/mol. The molecule has 0 fully saturated rings. The van der Waals surface area contributed by atoms with E-state index in [1.54, 1.807) is 11.0 Å². The predicted octanol–water partition coefficient (Wildman–Crippen LogP) is 3.47. The Morgan fingerprint density at radius 1 is 1.38 bits per heavy atom. The van der Waals surface area contributed by atoms with Crippen LogP contribution in [0.15, 0.2) is 37.1 Å². The van der Waals surface area contributed by atoms with Gasteiger partial charge in [0.15, 0.2) is 0 Å². The van der Waals surface area contributed by atoms with E-state index in [0.29, 0.717) is 0 Å². The van der Waals surface area contributed by atoms with Crippen LogP contribution in [0.25, 0.3) is 5.57 Å². The van der Waals surface area contributed by atoms with Gasteiger partial charge in [0.2, 0.25) is 0 Å². The van der Waals surface area contributed by atoms with Crippen LogP contribution < -0.4 is 0 Å². The minimum Gasteiger partial charge on any atom is -0.185 e. The molecule has 0 radical (unpaired) electrons. The monoisotopic (exact) mass is 219 g/mol. The number of rotatable bonds is 4. The molecule has 0 saturated heterocycles. The summed E-state index contributed by atoms with van der Waals surface area (Å²) in [5, 5.41) is 8.30. The molecule has 0 saturated carbocycles. The Balaban J connectivity index is 0.00000106. The smallest absolute Gasteiger partial charge is 0.112 e. The summed E-state index contributed by atoms with van der Waals surface area (Å²) in [5.41, 5.74) is 2.66. The lowest BCUT2D eigenvalue weighted by molar-refractivity contribution is 0.568. The van der Waals surface area contributed by atoms with Gasteiger partial charge in [0.1, 0.15) is 5.69 Å². The lowest BCUT2D eigenvalue weighted by Crippen LogP contribution is -1.98. The number of hydrogen-bond acceptors (Lipinski definition) is 2. The normalized spacial score (nSPS) is 9.75. The molecule has 0 aromatic carbocycles. The highest BCUT2D eigenvalue weighted by molar-refractivity contribution is 5.69. The fourth-order valence-corrected chi connectivity index (χ4v) is 0.925. The van der Waals surface area contributed by atoms with Crippen LogP contribution in [0, 0.1) is 0 Å². The Morgan fingerprint density at radius 3 is 2.44 bits per heavy atom. The number of aryl methyl sites for hydroxylation is 1. The molecule has 0 amide bonds. The summed E-state index contributed by atoms with van der Waals surface area (Å²) in [7, 11) is 0. The molecule has 1 heterocycles. The van der Waals surface area contributed by atoms with Gasteiger partial charge in [-0.3, -0.25) is 0 Å². The summed E-state index contributed by atoms with van der Waals surface area (Å²) in [5.74, 6) is 0. The molecule has 0 unspecified atom stereocenters. The van der Waals surface area contributed by atoms with E-state index in [-0.39, 0.29) is 0 Å². The zero-order valence-corrected chi connectivity index (χ0v) is 10.7. The summed E-state index contributed by atoms with van der Waals surface area (Å²) < 4.78 is 0. The highest BCUT2D eigenvalue weighted by Crippen LogP contribution is 2.10. The van der Waals surface area contributed by atoms with Crippen molar-refractivity contribution in [3.8, 4) is 0 Å². The molecule has 0 aliphatic carbocycles. The number of hydrogen-bond donors (Lipinski definition) is 0. The summed E-state index contributed by atoms with van der Waals surface area (Å²) >= 11 is 0. The quantitative estimate of drug-likeness (QED) is 0.726. The first-order chi connectivity index (χ1) is 7.63. The van der Waals surface area contributed by atoms with Crippen molar-refractivity contribution in [2.75, 3.05) is 0 Å². The highest BCUT2D eigenvalue weighted by Gasteiger charge is 2.00. The molecule has 0 bridgehead atoms. The standard InChI is InChI=1S/C11H15N3.C2H6/c1-5-14-12-8-11(13-14)10(4)7-6-9(2)3;1-2/h6-8H,2,4-5H2,1,3H3;1-2H3/b7-6-;. The van der Waals surface area contributed by atoms with E-state index in [1.807, 2.05) is 39.8 Å². The molecule has 0 spiro atoms. The molecule has 88 valence electrons. The third-order valence-corrected chi connectivity index (χ3v) is 1.72. The maximum absolute atomic E-state index is 4.23. The lowest BCUT2D eigenvalue weighted by Gasteiger charge is -1.93. The minimum absolute atomic E-state index is 0.775. The molecule has 1 aromatic rings. The maximum Gasteiger partial charge on any atom is 0.112 e. The Kier molecular flexibility index (Phi) is 6.84. The van der Waals surface area contributed by atoms with Gasteiger partial charge >= 0.3 is 0 Å². The number of aromatic nitrogens is 3. The van der Waals surface area contributed by atoms with Crippen LogP contribution in [0.4, 0.5) is 0 Å². The van der Waals surface area contributed by atoms with Gasteiger partial charge < -0.3 is 0 Å². The van der Waals surface area contributed by atoms with Gasteiger partial charge in [-0.15, -0.1) is 0 Å². The van der Waals surface area contributed by atoms with E-state index < -0.39 is 0 Å². The zero-order valence-electron chi connectivity index (χ0n) is 10.7. The lowest BCUT2D eigenvalue weighted by atomic mass is 10.2. The average Bonchev–Trinajstić information content (AvgIpc) is 2.77. The molecule has 3 nitrogen and oxygen atoms in total. The molecule has 0 aliphatic heterocycles. The van der Waals surface area contributed by atoms with Gasteiger partial charge in [0.05, 0.1) is 12.7 Å². The molecule has 0 N–H and O–H groups in total. The molecule has 1 rings (SSSR count). The van der Waals surface area contributed by atoms with Crippen LogP contribution >= 0.6 is 0 Å². The Bertz CT molecular complexity index is 372. The Hall–Kier alpha value is -1.64. The highest BCUT2D eigenvalue weighted by atomic mass is 15.5. The topological polar surface area (TPSA) is 30.7 Å². The summed E-state index contributed by atoms with van der Waals surface area (Å²) in [6.07, 6.45) is 5.52. The Labute approximate surface area is 98.2 Å². The fraction of sp³-hybridized carbons (Fsp3) is 0.385. The largest absolute Gasteiger partial charge is 0.185 e. The first kappa shape index (κ1) is 14.4. The van der Waals surface area contributed by atoms with Crippen molar-refractivity contribution >= 4 is 5.57 Å². The van der Waals surface area contributed by atoms with Crippen molar-refractivity contribution in [3.05, 3.63) is 42.8 Å². The van der Waals surface area contributed by atoms with Crippen LogP contribution in [0.1, 0.15) is 33.4 Å². The van der Waals surface area contributed by atoms with Gasteiger partial charge in [0, 0.05) is 0 Å². The Morgan fingerprint density at radius 2 is 2.00 bits per heavy atom. The second-order valence-corrected chi connectivity index (χ2v) is 3.12. The van der Waals surface area contributed by atoms with E-state index in [2.05, 4.69) is 23.4 Å². The van der Waals surface area contributed by atoms with Crippen LogP contribution in [0.2, 0.25) is 0 Å². The van der Waals surface area contributed by atoms with Crippen LogP contribution in [-0.4, -0.2) is 15.0 Å². The van der Waals surface area contributed by atoms with E-state index in [4.69, 9.17) is 0 Å². The number of nitrogens with zero attached hydrogens (tertiary/aromatic N) is 3. The summed E-state index contributed by atoms with van der Waals surface area (Å²) in [6.45, 7) is 16.4. The van der Waals surface area contributed by atoms with Gasteiger partial charge in [-0.25, -0.2) is 0 Å². The average molecular weight is 219 g/mol. The first-order valence-corrected chi connectivity index (χ1v) is 5.56. The molecule has 0 atom stereocenters. The van der Waals surface area contributed by atoms with Gasteiger partial charge in [-0.1, -0.05) is 44.7 Å². The van der Waals surface area contributed by atoms with Crippen LogP contribution in [-0.2, 0) is 6.54 Å². The summed E-state index contributed by atoms with van der Waals surface area (Å²) in [6, 6.07) is 0. The summed E-state index contributed by atoms with van der Waals surface area (Å²) in [4.78, 5) is 1.63. The van der Waals surface area contributed by atoms with Crippen molar-refractivity contribution in [1.82, 2.24) is 15.0 Å². The van der Waals surface area contributed by atoms with Gasteiger partial charge in [-0.05, 0) is 19.4 Å². The third-order valence-electron chi connectivity index (χ3n) is 1.72. The molecular weight excluding hydrogens is 198 g/mol. The van der Waals surface area contributed by atoms with Crippen molar-refractivity contribution in [3.63, 3.8) is 0 Å². The molecule has 1 aromatic heterocycles. The molecule has 0 aliphatic rings. The van der Waals surface area contributed by atoms with E-state index >= 15 is 0 Å². The maximum atomic E-state index is 4.23. The second kappa shape index (κ2) is 7.63. The van der Waals surface area contributed by atoms with E-state index in [0.717, 1.165) is 23.4 Å². The van der Waals surface area contributed by atoms with Crippen molar-refractivity contribution in [2.45, 2.75) is 34.2 Å². The van der Waals surface area contributed by atoms with Crippen molar-refractivity contribution in [1.29, 1.82) is 0 Å². The fourth-order valence-electron chi connectivity index (χ4n) is 0.925. The molecule has 16 heavy (non-hydrogen) atoms.